The lowest BCUT2D eigenvalue weighted by molar-refractivity contribution is 0.218. The highest BCUT2D eigenvalue weighted by atomic mass is 79.9. The topological polar surface area (TPSA) is 3.24 Å². The molecule has 0 unspecified atom stereocenters. The molecule has 0 saturated carbocycles. The van der Waals surface area contributed by atoms with Crippen LogP contribution in [0.25, 0.3) is 0 Å². The summed E-state index contributed by atoms with van der Waals surface area (Å²) in [7, 11) is 0. The van der Waals surface area contributed by atoms with Crippen molar-refractivity contribution in [3.05, 3.63) is 0 Å². The minimum absolute atomic E-state index is 0.712. The predicted molar refractivity (Wildman–Crippen MR) is 64.6 cm³/mol. The van der Waals surface area contributed by atoms with E-state index >= 15 is 0 Å². The first-order valence-electron chi connectivity index (χ1n) is 5.52. The number of hydrogen-bond acceptors (Lipinski definition) is 1. The number of alkyl halides is 1. The fraction of sp³-hybridized carbons (Fsp3) is 1.00. The molecule has 0 amide bonds. The molecular weight excluding hydrogens is 226 g/mol. The van der Waals surface area contributed by atoms with Gasteiger partial charge >= 0.3 is 0 Å². The van der Waals surface area contributed by atoms with Crippen LogP contribution in [0.2, 0.25) is 0 Å². The molecule has 0 aliphatic rings. The molecule has 0 aliphatic carbocycles. The Balaban J connectivity index is 3.45. The Morgan fingerprint density at radius 2 is 1.77 bits per heavy atom. The van der Waals surface area contributed by atoms with E-state index in [4.69, 9.17) is 0 Å². The molecule has 0 atom stereocenters. The fourth-order valence-electron chi connectivity index (χ4n) is 1.50. The summed E-state index contributed by atoms with van der Waals surface area (Å²) < 4.78 is 0. The van der Waals surface area contributed by atoms with Crippen LogP contribution >= 0.6 is 15.9 Å². The third-order valence-corrected chi connectivity index (χ3v) is 2.88. The summed E-state index contributed by atoms with van der Waals surface area (Å²) in [4.78, 5) is 2.58. The zero-order valence-corrected chi connectivity index (χ0v) is 10.9. The third kappa shape index (κ3) is 7.51. The summed E-state index contributed by atoms with van der Waals surface area (Å²) in [6.45, 7) is 9.37. The average molecular weight is 250 g/mol. The molecule has 0 bridgehead atoms. The van der Waals surface area contributed by atoms with E-state index in [9.17, 15) is 0 Å². The maximum atomic E-state index is 3.46. The Morgan fingerprint density at radius 3 is 2.23 bits per heavy atom. The summed E-state index contributed by atoms with van der Waals surface area (Å²) in [5.74, 6) is 0. The van der Waals surface area contributed by atoms with Crippen LogP contribution < -0.4 is 0 Å². The number of halogens is 1. The SMILES string of the molecule is CCCN(CCCCCBr)C(C)C. The van der Waals surface area contributed by atoms with Crippen LogP contribution in [0.15, 0.2) is 0 Å². The van der Waals surface area contributed by atoms with E-state index in [0.29, 0.717) is 6.04 Å². The van der Waals surface area contributed by atoms with Crippen LogP contribution in [-0.4, -0.2) is 29.4 Å². The number of nitrogens with zero attached hydrogens (tertiary/aromatic N) is 1. The van der Waals surface area contributed by atoms with E-state index in [1.54, 1.807) is 0 Å². The summed E-state index contributed by atoms with van der Waals surface area (Å²) in [6.07, 6.45) is 5.30. The van der Waals surface area contributed by atoms with Crippen LogP contribution in [0.5, 0.6) is 0 Å². The molecule has 0 rings (SSSR count). The van der Waals surface area contributed by atoms with E-state index in [2.05, 4.69) is 41.6 Å². The number of hydrogen-bond donors (Lipinski definition) is 0. The third-order valence-electron chi connectivity index (χ3n) is 2.32. The van der Waals surface area contributed by atoms with Gasteiger partial charge in [-0.05, 0) is 46.2 Å². The molecule has 13 heavy (non-hydrogen) atoms. The molecule has 0 aromatic rings. The Hall–Kier alpha value is 0.440. The number of rotatable bonds is 8. The molecular formula is C11H24BrN. The molecule has 0 aromatic carbocycles. The Kier molecular flexibility index (Phi) is 9.32. The van der Waals surface area contributed by atoms with Crippen molar-refractivity contribution in [3.8, 4) is 0 Å². The highest BCUT2D eigenvalue weighted by Crippen LogP contribution is 2.05. The summed E-state index contributed by atoms with van der Waals surface area (Å²) >= 11 is 3.46. The zero-order valence-electron chi connectivity index (χ0n) is 9.35. The van der Waals surface area contributed by atoms with Gasteiger partial charge in [-0.1, -0.05) is 29.3 Å². The summed E-state index contributed by atoms with van der Waals surface area (Å²) in [5, 5.41) is 1.16. The van der Waals surface area contributed by atoms with Crippen molar-refractivity contribution in [3.63, 3.8) is 0 Å². The quantitative estimate of drug-likeness (QED) is 0.469. The second-order valence-corrected chi connectivity index (χ2v) is 4.67. The van der Waals surface area contributed by atoms with Gasteiger partial charge in [-0.3, -0.25) is 0 Å². The van der Waals surface area contributed by atoms with Gasteiger partial charge in [-0.2, -0.15) is 0 Å². The normalized spacial score (nSPS) is 11.5. The van der Waals surface area contributed by atoms with Gasteiger partial charge in [0.05, 0.1) is 0 Å². The van der Waals surface area contributed by atoms with Gasteiger partial charge in [-0.15, -0.1) is 0 Å². The Labute approximate surface area is 92.0 Å². The largest absolute Gasteiger partial charge is 0.301 e. The van der Waals surface area contributed by atoms with Gasteiger partial charge in [0.15, 0.2) is 0 Å². The van der Waals surface area contributed by atoms with Crippen molar-refractivity contribution in [1.82, 2.24) is 4.90 Å². The lowest BCUT2D eigenvalue weighted by Gasteiger charge is -2.25. The zero-order chi connectivity index (χ0) is 10.1. The molecule has 0 heterocycles. The predicted octanol–water partition coefficient (Wildman–Crippen LogP) is 3.67. The highest BCUT2D eigenvalue weighted by Gasteiger charge is 2.06. The van der Waals surface area contributed by atoms with E-state index in [-0.39, 0.29) is 0 Å². The highest BCUT2D eigenvalue weighted by molar-refractivity contribution is 9.09. The number of unbranched alkanes of at least 4 members (excludes halogenated alkanes) is 2. The second kappa shape index (κ2) is 9.01. The van der Waals surface area contributed by atoms with Gasteiger partial charge < -0.3 is 4.90 Å². The average Bonchev–Trinajstić information content (AvgIpc) is 2.10. The molecule has 0 N–H and O–H groups in total. The van der Waals surface area contributed by atoms with Crippen LogP contribution in [0.3, 0.4) is 0 Å². The molecule has 0 saturated heterocycles. The molecule has 0 aromatic heterocycles. The summed E-state index contributed by atoms with van der Waals surface area (Å²) in [6, 6.07) is 0.712. The van der Waals surface area contributed by atoms with Crippen molar-refractivity contribution >= 4 is 15.9 Å². The van der Waals surface area contributed by atoms with Gasteiger partial charge in [0.25, 0.3) is 0 Å². The molecule has 0 fully saturated rings. The van der Waals surface area contributed by atoms with E-state index in [1.807, 2.05) is 0 Å². The molecule has 1 nitrogen and oxygen atoms in total. The van der Waals surface area contributed by atoms with Crippen molar-refractivity contribution in [2.24, 2.45) is 0 Å². The monoisotopic (exact) mass is 249 g/mol. The first-order chi connectivity index (χ1) is 6.22. The Bertz CT molecular complexity index is 104. The lowest BCUT2D eigenvalue weighted by Crippen LogP contribution is -2.32. The minimum atomic E-state index is 0.712. The first-order valence-corrected chi connectivity index (χ1v) is 6.64. The smallest absolute Gasteiger partial charge is 0.00385 e. The van der Waals surface area contributed by atoms with Crippen LogP contribution in [-0.2, 0) is 0 Å². The van der Waals surface area contributed by atoms with Crippen molar-refractivity contribution < 1.29 is 0 Å². The molecule has 0 spiro atoms. The van der Waals surface area contributed by atoms with Crippen molar-refractivity contribution in [1.29, 1.82) is 0 Å². The standard InChI is InChI=1S/C11H24BrN/c1-4-9-13(11(2)3)10-7-5-6-8-12/h11H,4-10H2,1-3H3. The molecule has 2 heteroatoms. The van der Waals surface area contributed by atoms with Crippen LogP contribution in [0.1, 0.15) is 46.5 Å². The Morgan fingerprint density at radius 1 is 1.08 bits per heavy atom. The molecule has 0 radical (unpaired) electrons. The maximum Gasteiger partial charge on any atom is 0.00385 e. The van der Waals surface area contributed by atoms with E-state index < -0.39 is 0 Å². The van der Waals surface area contributed by atoms with Crippen LogP contribution in [0, 0.1) is 0 Å². The molecule has 0 aliphatic heterocycles. The van der Waals surface area contributed by atoms with Gasteiger partial charge in [0.2, 0.25) is 0 Å². The van der Waals surface area contributed by atoms with Gasteiger partial charge in [0, 0.05) is 11.4 Å². The summed E-state index contributed by atoms with van der Waals surface area (Å²) in [5.41, 5.74) is 0. The van der Waals surface area contributed by atoms with E-state index in [1.165, 1.54) is 38.8 Å². The second-order valence-electron chi connectivity index (χ2n) is 3.88. The van der Waals surface area contributed by atoms with Crippen LogP contribution in [0.4, 0.5) is 0 Å². The first kappa shape index (κ1) is 13.4. The van der Waals surface area contributed by atoms with Gasteiger partial charge in [0.1, 0.15) is 0 Å². The lowest BCUT2D eigenvalue weighted by atomic mass is 10.2. The van der Waals surface area contributed by atoms with E-state index in [0.717, 1.165) is 5.33 Å². The molecule has 80 valence electrons. The van der Waals surface area contributed by atoms with Crippen molar-refractivity contribution in [2.75, 3.05) is 18.4 Å². The minimum Gasteiger partial charge on any atom is -0.301 e. The fourth-order valence-corrected chi connectivity index (χ4v) is 1.90. The van der Waals surface area contributed by atoms with Crippen molar-refractivity contribution in [2.45, 2.75) is 52.5 Å². The maximum absolute atomic E-state index is 3.46. The van der Waals surface area contributed by atoms with Gasteiger partial charge in [-0.25, -0.2) is 0 Å².